The summed E-state index contributed by atoms with van der Waals surface area (Å²) in [4.78, 5) is 9.77. The van der Waals surface area contributed by atoms with Crippen LogP contribution in [0.1, 0.15) is 10.4 Å². The van der Waals surface area contributed by atoms with E-state index in [0.29, 0.717) is 4.47 Å². The van der Waals surface area contributed by atoms with Crippen LogP contribution in [-0.2, 0) is 10.2 Å². The average Bonchev–Trinajstić information content (AvgIpc) is 2.01. The van der Waals surface area contributed by atoms with Crippen molar-refractivity contribution in [2.24, 2.45) is 0 Å². The highest BCUT2D eigenvalue weighted by Gasteiger charge is 2.16. The van der Waals surface area contributed by atoms with Gasteiger partial charge in [-0.25, -0.2) is 0 Å². The summed E-state index contributed by atoms with van der Waals surface area (Å²) in [5, 5.41) is 0. The second-order valence-electron chi connectivity index (χ2n) is 2.24. The molecule has 0 bridgehead atoms. The predicted octanol–water partition coefficient (Wildman–Crippen LogP) is 1.92. The Morgan fingerprint density at radius 3 is 2.46 bits per heavy atom. The van der Waals surface area contributed by atoms with E-state index >= 15 is 0 Å². The molecule has 6 heteroatoms. The Kier molecular flexibility index (Phi) is 2.82. The third-order valence-corrected chi connectivity index (χ3v) is 2.75. The number of rotatable bonds is 2. The summed E-state index contributed by atoms with van der Waals surface area (Å²) in [6.07, 6.45) is 0.289. The highest BCUT2D eigenvalue weighted by atomic mass is 79.9. The molecule has 0 saturated heterocycles. The number of aldehydes is 1. The van der Waals surface area contributed by atoms with Gasteiger partial charge in [0.15, 0.2) is 6.29 Å². The lowest BCUT2D eigenvalue weighted by Gasteiger charge is -1.98. The van der Waals surface area contributed by atoms with Crippen LogP contribution in [0.4, 0.5) is 3.89 Å². The van der Waals surface area contributed by atoms with Crippen LogP contribution >= 0.6 is 15.9 Å². The average molecular weight is 267 g/mol. The van der Waals surface area contributed by atoms with Crippen LogP contribution in [0.15, 0.2) is 27.6 Å². The lowest BCUT2D eigenvalue weighted by molar-refractivity contribution is 0.112. The summed E-state index contributed by atoms with van der Waals surface area (Å²) in [6.45, 7) is 0. The van der Waals surface area contributed by atoms with Crippen molar-refractivity contribution in [1.29, 1.82) is 0 Å². The molecule has 0 aliphatic rings. The van der Waals surface area contributed by atoms with Crippen molar-refractivity contribution in [3.05, 3.63) is 28.2 Å². The van der Waals surface area contributed by atoms with Crippen molar-refractivity contribution >= 4 is 32.4 Å². The maximum Gasteiger partial charge on any atom is 0.332 e. The van der Waals surface area contributed by atoms with E-state index in [9.17, 15) is 17.1 Å². The number of hydrogen-bond donors (Lipinski definition) is 0. The zero-order valence-electron chi connectivity index (χ0n) is 6.20. The molecule has 0 aliphatic heterocycles. The molecule has 0 fully saturated rings. The van der Waals surface area contributed by atoms with E-state index in [0.717, 1.165) is 6.07 Å². The highest BCUT2D eigenvalue weighted by molar-refractivity contribution is 9.10. The van der Waals surface area contributed by atoms with Crippen molar-refractivity contribution in [3.63, 3.8) is 0 Å². The monoisotopic (exact) mass is 266 g/mol. The minimum Gasteiger partial charge on any atom is -0.298 e. The van der Waals surface area contributed by atoms with Gasteiger partial charge in [-0.15, -0.1) is 3.89 Å². The molecule has 0 radical (unpaired) electrons. The standard InChI is InChI=1S/C7H4BrFO3S/c8-6-1-2-7(13(9,11)12)5(3-6)4-10/h1-4H. The first-order chi connectivity index (χ1) is 5.95. The van der Waals surface area contributed by atoms with Crippen LogP contribution < -0.4 is 0 Å². The van der Waals surface area contributed by atoms with Crippen LogP contribution in [0.2, 0.25) is 0 Å². The zero-order valence-corrected chi connectivity index (χ0v) is 8.60. The minimum atomic E-state index is -4.81. The fourth-order valence-corrected chi connectivity index (χ4v) is 1.83. The summed E-state index contributed by atoms with van der Waals surface area (Å²) < 4.78 is 34.0. The second-order valence-corrected chi connectivity index (χ2v) is 4.47. The van der Waals surface area contributed by atoms with E-state index in [1.807, 2.05) is 0 Å². The molecule has 0 aromatic heterocycles. The van der Waals surface area contributed by atoms with Crippen LogP contribution in [0, 0.1) is 0 Å². The lowest BCUT2D eigenvalue weighted by atomic mass is 10.2. The van der Waals surface area contributed by atoms with E-state index < -0.39 is 15.1 Å². The molecule has 0 atom stereocenters. The first-order valence-electron chi connectivity index (χ1n) is 3.14. The molecule has 70 valence electrons. The number of hydrogen-bond acceptors (Lipinski definition) is 3. The quantitative estimate of drug-likeness (QED) is 0.607. The number of carbonyl (C=O) groups is 1. The fraction of sp³-hybridized carbons (Fsp3) is 0. The Balaban J connectivity index is 3.47. The van der Waals surface area contributed by atoms with Gasteiger partial charge in [-0.05, 0) is 18.2 Å². The number of benzene rings is 1. The second kappa shape index (κ2) is 3.55. The third-order valence-electron chi connectivity index (χ3n) is 1.36. The first-order valence-corrected chi connectivity index (χ1v) is 5.32. The molecule has 0 N–H and O–H groups in total. The lowest BCUT2D eigenvalue weighted by Crippen LogP contribution is -1.97. The Hall–Kier alpha value is -0.750. The topological polar surface area (TPSA) is 51.2 Å². The third kappa shape index (κ3) is 2.35. The van der Waals surface area contributed by atoms with Gasteiger partial charge in [0, 0.05) is 10.0 Å². The maximum atomic E-state index is 12.5. The maximum absolute atomic E-state index is 12.5. The molecule has 3 nitrogen and oxygen atoms in total. The summed E-state index contributed by atoms with van der Waals surface area (Å²) in [5.74, 6) is 0. The van der Waals surface area contributed by atoms with Gasteiger partial charge in [0.2, 0.25) is 0 Å². The molecular weight excluding hydrogens is 263 g/mol. The smallest absolute Gasteiger partial charge is 0.298 e. The normalized spacial score (nSPS) is 11.2. The molecule has 0 saturated carbocycles. The molecule has 0 spiro atoms. The zero-order chi connectivity index (χ0) is 10.1. The van der Waals surface area contributed by atoms with Crippen LogP contribution in [0.5, 0.6) is 0 Å². The van der Waals surface area contributed by atoms with Crippen LogP contribution in [-0.4, -0.2) is 14.7 Å². The molecule has 0 heterocycles. The van der Waals surface area contributed by atoms with Crippen molar-refractivity contribution in [1.82, 2.24) is 0 Å². The van der Waals surface area contributed by atoms with Crippen molar-refractivity contribution < 1.29 is 17.1 Å². The molecule has 0 unspecified atom stereocenters. The van der Waals surface area contributed by atoms with Gasteiger partial charge >= 0.3 is 10.2 Å². The summed E-state index contributed by atoms with van der Waals surface area (Å²) in [5.41, 5.74) is -0.197. The number of carbonyl (C=O) groups excluding carboxylic acids is 1. The molecule has 13 heavy (non-hydrogen) atoms. The Morgan fingerprint density at radius 2 is 2.00 bits per heavy atom. The van der Waals surface area contributed by atoms with Crippen molar-refractivity contribution in [3.8, 4) is 0 Å². The first kappa shape index (κ1) is 10.3. The Labute approximate surface area is 82.9 Å². The van der Waals surface area contributed by atoms with E-state index in [1.165, 1.54) is 12.1 Å². The SMILES string of the molecule is O=Cc1cc(Br)ccc1S(=O)(=O)F. The van der Waals surface area contributed by atoms with Gasteiger partial charge in [0.1, 0.15) is 4.90 Å². The predicted molar refractivity (Wildman–Crippen MR) is 47.8 cm³/mol. The summed E-state index contributed by atoms with van der Waals surface area (Å²) >= 11 is 3.03. The van der Waals surface area contributed by atoms with Gasteiger partial charge in [0.05, 0.1) is 0 Å². The van der Waals surface area contributed by atoms with E-state index in [4.69, 9.17) is 0 Å². The molecular formula is C7H4BrFO3S. The Morgan fingerprint density at radius 1 is 1.38 bits per heavy atom. The van der Waals surface area contributed by atoms with Crippen LogP contribution in [0.25, 0.3) is 0 Å². The summed E-state index contributed by atoms with van der Waals surface area (Å²) in [7, 11) is -4.81. The van der Waals surface area contributed by atoms with Crippen LogP contribution in [0.3, 0.4) is 0 Å². The molecule has 1 aromatic rings. The molecule has 0 amide bonds. The largest absolute Gasteiger partial charge is 0.332 e. The van der Waals surface area contributed by atoms with Gasteiger partial charge in [-0.1, -0.05) is 15.9 Å². The highest BCUT2D eigenvalue weighted by Crippen LogP contribution is 2.20. The molecule has 0 aliphatic carbocycles. The Bertz CT molecular complexity index is 441. The fourth-order valence-electron chi connectivity index (χ4n) is 0.833. The van der Waals surface area contributed by atoms with E-state index in [2.05, 4.69) is 15.9 Å². The van der Waals surface area contributed by atoms with Gasteiger partial charge in [-0.2, -0.15) is 8.42 Å². The molecule has 1 aromatic carbocycles. The van der Waals surface area contributed by atoms with Gasteiger partial charge < -0.3 is 0 Å². The molecule has 1 rings (SSSR count). The number of halogens is 2. The van der Waals surface area contributed by atoms with Crippen molar-refractivity contribution in [2.75, 3.05) is 0 Å². The van der Waals surface area contributed by atoms with Gasteiger partial charge in [0.25, 0.3) is 0 Å². The minimum absolute atomic E-state index is 0.197. The van der Waals surface area contributed by atoms with Crippen molar-refractivity contribution in [2.45, 2.75) is 4.90 Å². The summed E-state index contributed by atoms with van der Waals surface area (Å²) in [6, 6.07) is 3.61. The van der Waals surface area contributed by atoms with E-state index in [-0.39, 0.29) is 11.8 Å². The van der Waals surface area contributed by atoms with E-state index in [1.54, 1.807) is 0 Å². The van der Waals surface area contributed by atoms with Gasteiger partial charge in [-0.3, -0.25) is 4.79 Å².